The fourth-order valence-electron chi connectivity index (χ4n) is 2.72. The minimum absolute atomic E-state index is 0.0988. The van der Waals surface area contributed by atoms with E-state index < -0.39 is 12.0 Å². The average molecular weight is 290 g/mol. The molecular weight excluding hydrogens is 268 g/mol. The van der Waals surface area contributed by atoms with Gasteiger partial charge in [0, 0.05) is 13.1 Å². The minimum Gasteiger partial charge on any atom is -0.480 e. The molecule has 0 radical (unpaired) electrons. The largest absolute Gasteiger partial charge is 0.480 e. The number of nitrogens with zero attached hydrogens (tertiary/aromatic N) is 2. The van der Waals surface area contributed by atoms with Crippen molar-refractivity contribution in [2.45, 2.75) is 38.4 Å². The maximum absolute atomic E-state index is 12.5. The summed E-state index contributed by atoms with van der Waals surface area (Å²) in [6.07, 6.45) is 1.31. The molecule has 1 aliphatic rings. The van der Waals surface area contributed by atoms with Crippen molar-refractivity contribution in [3.8, 4) is 0 Å². The van der Waals surface area contributed by atoms with Crippen LogP contribution in [0.15, 0.2) is 30.3 Å². The van der Waals surface area contributed by atoms with Crippen LogP contribution < -0.4 is 0 Å². The maximum atomic E-state index is 12.5. The Morgan fingerprint density at radius 3 is 2.67 bits per heavy atom. The highest BCUT2D eigenvalue weighted by Crippen LogP contribution is 2.20. The van der Waals surface area contributed by atoms with Gasteiger partial charge in [0.05, 0.1) is 6.04 Å². The third-order valence-corrected chi connectivity index (χ3v) is 4.11. The maximum Gasteiger partial charge on any atom is 0.326 e. The van der Waals surface area contributed by atoms with Crippen molar-refractivity contribution in [2.24, 2.45) is 0 Å². The first-order chi connectivity index (χ1) is 10.0. The lowest BCUT2D eigenvalue weighted by Gasteiger charge is -2.30. The number of carbonyl (C=O) groups excluding carboxylic acids is 1. The molecule has 1 heterocycles. The molecule has 2 rings (SSSR count). The van der Waals surface area contributed by atoms with Gasteiger partial charge >= 0.3 is 5.97 Å². The lowest BCUT2D eigenvalue weighted by atomic mass is 10.1. The number of carboxylic acid groups (broad SMARTS) is 1. The van der Waals surface area contributed by atoms with E-state index in [4.69, 9.17) is 0 Å². The molecule has 1 amide bonds. The first-order valence-electron chi connectivity index (χ1n) is 7.28. The summed E-state index contributed by atoms with van der Waals surface area (Å²) in [6.45, 7) is 3.04. The normalized spacial score (nSPS) is 19.8. The Hall–Kier alpha value is -1.88. The van der Waals surface area contributed by atoms with Crippen LogP contribution in [0.25, 0.3) is 0 Å². The van der Waals surface area contributed by atoms with E-state index in [9.17, 15) is 14.7 Å². The number of likely N-dealkylation sites (N-methyl/N-ethyl adjacent to an activating group) is 1. The molecule has 1 aromatic carbocycles. The first-order valence-corrected chi connectivity index (χ1v) is 7.28. The number of likely N-dealkylation sites (tertiary alicyclic amines) is 1. The van der Waals surface area contributed by atoms with Crippen molar-refractivity contribution in [3.05, 3.63) is 35.9 Å². The second kappa shape index (κ2) is 6.72. The fraction of sp³-hybridized carbons (Fsp3) is 0.500. The molecule has 1 unspecified atom stereocenters. The highest BCUT2D eigenvalue weighted by molar-refractivity contribution is 5.87. The van der Waals surface area contributed by atoms with E-state index in [1.165, 1.54) is 4.90 Å². The van der Waals surface area contributed by atoms with Gasteiger partial charge in [-0.05, 0) is 32.4 Å². The van der Waals surface area contributed by atoms with E-state index in [0.717, 1.165) is 12.0 Å². The van der Waals surface area contributed by atoms with Gasteiger partial charge < -0.3 is 10.0 Å². The zero-order valence-corrected chi connectivity index (χ0v) is 12.5. The molecule has 0 aromatic heterocycles. The molecule has 1 fully saturated rings. The van der Waals surface area contributed by atoms with Gasteiger partial charge in [0.15, 0.2) is 0 Å². The number of amides is 1. The van der Waals surface area contributed by atoms with Crippen molar-refractivity contribution in [1.29, 1.82) is 0 Å². The standard InChI is InChI=1S/C16H22N2O3/c1-12(17(2)11-13-7-4-3-5-8-13)15(19)18-10-6-9-14(18)16(20)21/h3-5,7-8,12,14H,6,9-11H2,1-2H3,(H,20,21)/t12?,14-/m1/s1. The number of hydrogen-bond acceptors (Lipinski definition) is 3. The van der Waals surface area contributed by atoms with Gasteiger partial charge in [0.2, 0.25) is 5.91 Å². The fourth-order valence-corrected chi connectivity index (χ4v) is 2.72. The Morgan fingerprint density at radius 2 is 2.05 bits per heavy atom. The third-order valence-electron chi connectivity index (χ3n) is 4.11. The molecular formula is C16H22N2O3. The predicted octanol–water partition coefficient (Wildman–Crippen LogP) is 1.58. The molecule has 5 heteroatoms. The molecule has 1 saturated heterocycles. The van der Waals surface area contributed by atoms with Crippen LogP contribution in [0.5, 0.6) is 0 Å². The van der Waals surface area contributed by atoms with Gasteiger partial charge in [-0.1, -0.05) is 30.3 Å². The summed E-state index contributed by atoms with van der Waals surface area (Å²) in [5.41, 5.74) is 1.14. The Morgan fingerprint density at radius 1 is 1.38 bits per heavy atom. The molecule has 1 N–H and O–H groups in total. The second-order valence-corrected chi connectivity index (χ2v) is 5.60. The Kier molecular flexibility index (Phi) is 4.96. The molecule has 114 valence electrons. The van der Waals surface area contributed by atoms with Gasteiger partial charge in [-0.3, -0.25) is 9.69 Å². The van der Waals surface area contributed by atoms with Gasteiger partial charge in [-0.15, -0.1) is 0 Å². The van der Waals surface area contributed by atoms with Crippen molar-refractivity contribution in [2.75, 3.05) is 13.6 Å². The number of carboxylic acids is 1. The van der Waals surface area contributed by atoms with Gasteiger partial charge in [0.1, 0.15) is 6.04 Å². The number of hydrogen-bond donors (Lipinski definition) is 1. The Labute approximate surface area is 125 Å². The lowest BCUT2D eigenvalue weighted by molar-refractivity contribution is -0.150. The van der Waals surface area contributed by atoms with Crippen LogP contribution in [0.2, 0.25) is 0 Å². The molecule has 0 bridgehead atoms. The molecule has 0 aliphatic carbocycles. The molecule has 1 aliphatic heterocycles. The van der Waals surface area contributed by atoms with E-state index in [2.05, 4.69) is 0 Å². The van der Waals surface area contributed by atoms with E-state index in [0.29, 0.717) is 19.5 Å². The monoisotopic (exact) mass is 290 g/mol. The van der Waals surface area contributed by atoms with Crippen LogP contribution >= 0.6 is 0 Å². The van der Waals surface area contributed by atoms with Crippen LogP contribution in [0.4, 0.5) is 0 Å². The van der Waals surface area contributed by atoms with E-state index >= 15 is 0 Å². The van der Waals surface area contributed by atoms with Crippen LogP contribution in [0.1, 0.15) is 25.3 Å². The van der Waals surface area contributed by atoms with Crippen molar-refractivity contribution < 1.29 is 14.7 Å². The topological polar surface area (TPSA) is 60.9 Å². The van der Waals surface area contributed by atoms with E-state index in [1.54, 1.807) is 0 Å². The summed E-state index contributed by atoms with van der Waals surface area (Å²) in [5.74, 6) is -1.00. The summed E-state index contributed by atoms with van der Waals surface area (Å²) in [6, 6.07) is 8.94. The van der Waals surface area contributed by atoms with Crippen molar-refractivity contribution >= 4 is 11.9 Å². The number of benzene rings is 1. The Balaban J connectivity index is 2.00. The minimum atomic E-state index is -0.904. The summed E-state index contributed by atoms with van der Waals surface area (Å²) >= 11 is 0. The molecule has 1 aromatic rings. The van der Waals surface area contributed by atoms with Crippen molar-refractivity contribution in [3.63, 3.8) is 0 Å². The highest BCUT2D eigenvalue weighted by atomic mass is 16.4. The predicted molar refractivity (Wildman–Crippen MR) is 79.7 cm³/mol. The zero-order valence-electron chi connectivity index (χ0n) is 12.5. The molecule has 21 heavy (non-hydrogen) atoms. The van der Waals surface area contributed by atoms with Gasteiger partial charge in [0.25, 0.3) is 0 Å². The molecule has 0 spiro atoms. The smallest absolute Gasteiger partial charge is 0.326 e. The van der Waals surface area contributed by atoms with Crippen LogP contribution in [-0.2, 0) is 16.1 Å². The number of aliphatic carboxylic acids is 1. The first kappa shape index (κ1) is 15.5. The van der Waals surface area contributed by atoms with Crippen LogP contribution in [-0.4, -0.2) is 52.5 Å². The van der Waals surface area contributed by atoms with E-state index in [-0.39, 0.29) is 11.9 Å². The SMILES string of the molecule is CC(C(=O)N1CCC[C@@H]1C(=O)O)N(C)Cc1ccccc1. The average Bonchev–Trinajstić information content (AvgIpc) is 2.96. The molecule has 5 nitrogen and oxygen atoms in total. The summed E-state index contributed by atoms with van der Waals surface area (Å²) < 4.78 is 0. The van der Waals surface area contributed by atoms with Gasteiger partial charge in [-0.25, -0.2) is 4.79 Å². The summed E-state index contributed by atoms with van der Waals surface area (Å²) in [4.78, 5) is 27.2. The highest BCUT2D eigenvalue weighted by Gasteiger charge is 2.36. The third kappa shape index (κ3) is 3.61. The Bertz CT molecular complexity index is 504. The number of carbonyl (C=O) groups is 2. The molecule has 2 atom stereocenters. The zero-order chi connectivity index (χ0) is 15.4. The molecule has 0 saturated carbocycles. The van der Waals surface area contributed by atoms with Crippen LogP contribution in [0.3, 0.4) is 0 Å². The van der Waals surface area contributed by atoms with E-state index in [1.807, 2.05) is 49.2 Å². The van der Waals surface area contributed by atoms with Crippen molar-refractivity contribution in [1.82, 2.24) is 9.80 Å². The van der Waals surface area contributed by atoms with Gasteiger partial charge in [-0.2, -0.15) is 0 Å². The number of rotatable bonds is 5. The summed E-state index contributed by atoms with van der Waals surface area (Å²) in [7, 11) is 1.89. The second-order valence-electron chi connectivity index (χ2n) is 5.60. The summed E-state index contributed by atoms with van der Waals surface area (Å²) in [5, 5.41) is 9.18. The quantitative estimate of drug-likeness (QED) is 0.894. The van der Waals surface area contributed by atoms with Crippen LogP contribution in [0, 0.1) is 0 Å². The lowest BCUT2D eigenvalue weighted by Crippen LogP contribution is -2.49.